The Morgan fingerprint density at radius 3 is 1.86 bits per heavy atom. The van der Waals surface area contributed by atoms with Crippen molar-refractivity contribution in [2.24, 2.45) is 5.41 Å². The first-order valence-electron chi connectivity index (χ1n) is 5.05. The molecule has 0 heteroatoms. The van der Waals surface area contributed by atoms with Crippen molar-refractivity contribution in [2.75, 3.05) is 0 Å². The van der Waals surface area contributed by atoms with E-state index in [9.17, 15) is 0 Å². The summed E-state index contributed by atoms with van der Waals surface area (Å²) in [6.45, 7) is 4.46. The van der Waals surface area contributed by atoms with Crippen LogP contribution in [0.2, 0.25) is 0 Å². The van der Waals surface area contributed by atoms with Gasteiger partial charge in [0.05, 0.1) is 0 Å². The molecule has 0 unspecified atom stereocenters. The normalized spacial score (nSPS) is 17.9. The van der Waals surface area contributed by atoms with Crippen molar-refractivity contribution < 1.29 is 0 Å². The maximum atomic E-state index is 3.30. The van der Waals surface area contributed by atoms with E-state index in [2.05, 4.69) is 37.5 Å². The molecule has 0 saturated heterocycles. The average molecular weight is 182 g/mol. The lowest BCUT2D eigenvalue weighted by molar-refractivity contribution is 0.486. The lowest BCUT2D eigenvalue weighted by Crippen LogP contribution is -2.18. The van der Waals surface area contributed by atoms with E-state index in [1.807, 2.05) is 24.3 Å². The summed E-state index contributed by atoms with van der Waals surface area (Å²) in [5.41, 5.74) is 9.20. The Kier molecular flexibility index (Phi) is 2.17. The third-order valence-corrected chi connectivity index (χ3v) is 3.09. The van der Waals surface area contributed by atoms with E-state index in [0.29, 0.717) is 0 Å². The monoisotopic (exact) mass is 182 g/mol. The van der Waals surface area contributed by atoms with Crippen molar-refractivity contribution in [3.8, 4) is 0 Å². The molecule has 0 aromatic rings. The number of allylic oxidation sites excluding steroid dienone is 6. The van der Waals surface area contributed by atoms with Crippen LogP contribution in [0.25, 0.3) is 0 Å². The van der Waals surface area contributed by atoms with E-state index in [-0.39, 0.29) is 5.41 Å². The van der Waals surface area contributed by atoms with Gasteiger partial charge in [-0.1, -0.05) is 26.0 Å². The fourth-order valence-corrected chi connectivity index (χ4v) is 1.87. The van der Waals surface area contributed by atoms with E-state index in [0.717, 1.165) is 6.42 Å². The lowest BCUT2D eigenvalue weighted by atomic mass is 9.74. The van der Waals surface area contributed by atoms with Crippen molar-refractivity contribution in [3.63, 3.8) is 0 Å². The molecule has 0 aromatic carbocycles. The molecule has 70 valence electrons. The first-order valence-corrected chi connectivity index (χ1v) is 5.05. The highest BCUT2D eigenvalue weighted by Crippen LogP contribution is 2.40. The fourth-order valence-electron chi connectivity index (χ4n) is 1.87. The Morgan fingerprint density at radius 2 is 1.57 bits per heavy atom. The van der Waals surface area contributed by atoms with Crippen molar-refractivity contribution >= 4 is 0 Å². The molecular weight excluding hydrogens is 168 g/mol. The molecule has 0 spiro atoms. The quantitative estimate of drug-likeness (QED) is 0.584. The molecular formula is C14H14. The second kappa shape index (κ2) is 3.35. The Labute approximate surface area is 85.3 Å². The molecule has 0 heterocycles. The Hall–Kier alpha value is -1.48. The number of hydrogen-bond donors (Lipinski definition) is 0. The molecule has 0 saturated carbocycles. The maximum Gasteiger partial charge on any atom is 0.0318 e. The minimum absolute atomic E-state index is 0.0764. The van der Waals surface area contributed by atoms with Gasteiger partial charge in [0.25, 0.3) is 0 Å². The van der Waals surface area contributed by atoms with Gasteiger partial charge in [-0.3, -0.25) is 0 Å². The van der Waals surface area contributed by atoms with Crippen LogP contribution in [0.5, 0.6) is 0 Å². The summed E-state index contributed by atoms with van der Waals surface area (Å²) in [5, 5.41) is 0. The number of hydrogen-bond acceptors (Lipinski definition) is 0. The fraction of sp³-hybridized carbons (Fsp3) is 0.286. The maximum absolute atomic E-state index is 3.30. The van der Waals surface area contributed by atoms with Crippen molar-refractivity contribution in [2.45, 2.75) is 20.3 Å². The van der Waals surface area contributed by atoms with Crippen molar-refractivity contribution in [1.82, 2.24) is 0 Å². The van der Waals surface area contributed by atoms with Crippen LogP contribution in [0.15, 0.2) is 59.1 Å². The van der Waals surface area contributed by atoms with Gasteiger partial charge >= 0.3 is 0 Å². The smallest absolute Gasteiger partial charge is 0.0318 e. The highest BCUT2D eigenvalue weighted by Gasteiger charge is 2.30. The summed E-state index contributed by atoms with van der Waals surface area (Å²) in [6.07, 6.45) is 13.4. The minimum atomic E-state index is 0.0764. The van der Waals surface area contributed by atoms with Gasteiger partial charge in [-0.15, -0.1) is 11.5 Å². The third kappa shape index (κ3) is 1.26. The van der Waals surface area contributed by atoms with Gasteiger partial charge in [-0.2, -0.15) is 0 Å². The molecule has 0 amide bonds. The summed E-state index contributed by atoms with van der Waals surface area (Å²) < 4.78 is 0. The zero-order valence-electron chi connectivity index (χ0n) is 8.67. The van der Waals surface area contributed by atoms with Gasteiger partial charge in [0.1, 0.15) is 0 Å². The van der Waals surface area contributed by atoms with Crippen LogP contribution in [-0.4, -0.2) is 0 Å². The summed E-state index contributed by atoms with van der Waals surface area (Å²) in [4.78, 5) is 0. The summed E-state index contributed by atoms with van der Waals surface area (Å²) >= 11 is 0. The Balaban J connectivity index is 2.45. The van der Waals surface area contributed by atoms with E-state index in [1.54, 1.807) is 0 Å². The molecule has 0 radical (unpaired) electrons. The highest BCUT2D eigenvalue weighted by atomic mass is 14.3. The topological polar surface area (TPSA) is 0 Å². The molecule has 2 aliphatic rings. The van der Waals surface area contributed by atoms with Crippen LogP contribution in [0.1, 0.15) is 20.3 Å². The van der Waals surface area contributed by atoms with Crippen molar-refractivity contribution in [3.05, 3.63) is 59.1 Å². The second-order valence-electron chi connectivity index (χ2n) is 3.85. The molecule has 14 heavy (non-hydrogen) atoms. The van der Waals surface area contributed by atoms with E-state index >= 15 is 0 Å². The molecule has 2 rings (SSSR count). The lowest BCUT2D eigenvalue weighted by Gasteiger charge is -2.27. The first-order chi connectivity index (χ1) is 6.77. The van der Waals surface area contributed by atoms with Gasteiger partial charge in [-0.05, 0) is 30.7 Å². The third-order valence-electron chi connectivity index (χ3n) is 3.09. The van der Waals surface area contributed by atoms with Crippen LogP contribution in [0, 0.1) is 5.41 Å². The van der Waals surface area contributed by atoms with Crippen LogP contribution in [-0.2, 0) is 0 Å². The molecule has 0 N–H and O–H groups in total. The summed E-state index contributed by atoms with van der Waals surface area (Å²) in [5.74, 6) is 0. The molecule has 0 fully saturated rings. The molecule has 0 aliphatic heterocycles. The number of rotatable bonds is 3. The average Bonchev–Trinajstić information content (AvgIpc) is 2.88. The zero-order valence-corrected chi connectivity index (χ0v) is 8.67. The molecule has 0 atom stereocenters. The molecule has 2 aliphatic carbocycles. The van der Waals surface area contributed by atoms with Gasteiger partial charge in [0.2, 0.25) is 0 Å². The Morgan fingerprint density at radius 1 is 1.07 bits per heavy atom. The molecule has 0 nitrogen and oxygen atoms in total. The summed E-state index contributed by atoms with van der Waals surface area (Å²) in [6, 6.07) is 0. The van der Waals surface area contributed by atoms with Crippen LogP contribution < -0.4 is 0 Å². The molecule has 0 bridgehead atoms. The van der Waals surface area contributed by atoms with E-state index in [1.165, 1.54) is 11.1 Å². The van der Waals surface area contributed by atoms with Crippen molar-refractivity contribution in [1.29, 1.82) is 0 Å². The minimum Gasteiger partial charge on any atom is -0.116 e. The zero-order chi connectivity index (χ0) is 10.0. The van der Waals surface area contributed by atoms with E-state index in [4.69, 9.17) is 0 Å². The standard InChI is InChI=1S/C14H14/c1-3-14(2,12-8-4-5-9-12)13-10-6-7-11-13/h4-8,10H,3H2,1-2H3. The van der Waals surface area contributed by atoms with Crippen LogP contribution >= 0.6 is 0 Å². The molecule has 0 aromatic heterocycles. The van der Waals surface area contributed by atoms with Gasteiger partial charge in [-0.25, -0.2) is 0 Å². The predicted molar refractivity (Wildman–Crippen MR) is 59.9 cm³/mol. The second-order valence-corrected chi connectivity index (χ2v) is 3.85. The van der Waals surface area contributed by atoms with Crippen LogP contribution in [0.3, 0.4) is 0 Å². The van der Waals surface area contributed by atoms with E-state index < -0.39 is 0 Å². The van der Waals surface area contributed by atoms with Gasteiger partial charge in [0.15, 0.2) is 0 Å². The summed E-state index contributed by atoms with van der Waals surface area (Å²) in [7, 11) is 0. The largest absolute Gasteiger partial charge is 0.116 e. The van der Waals surface area contributed by atoms with Gasteiger partial charge in [0, 0.05) is 16.6 Å². The predicted octanol–water partition coefficient (Wildman–Crippen LogP) is 3.71. The Bertz CT molecular complexity index is 391. The SMILES string of the molecule is CCC(C)(C1=C=CC=C1)C1=C=CC=C1. The highest BCUT2D eigenvalue weighted by molar-refractivity contribution is 5.46. The van der Waals surface area contributed by atoms with Crippen LogP contribution in [0.4, 0.5) is 0 Å². The first kappa shape index (κ1) is 9.09. The van der Waals surface area contributed by atoms with Gasteiger partial charge < -0.3 is 0 Å².